The molecule has 1 N–H and O–H groups in total. The summed E-state index contributed by atoms with van der Waals surface area (Å²) in [5.41, 5.74) is 4.45. The van der Waals surface area contributed by atoms with Crippen molar-refractivity contribution in [3.63, 3.8) is 0 Å². The van der Waals surface area contributed by atoms with Gasteiger partial charge in [0.2, 0.25) is 5.91 Å². The second kappa shape index (κ2) is 8.96. The number of fused-ring (bicyclic) bond motifs is 1. The monoisotopic (exact) mass is 414 g/mol. The van der Waals surface area contributed by atoms with Gasteiger partial charge in [-0.15, -0.1) is 0 Å². The van der Waals surface area contributed by atoms with Gasteiger partial charge < -0.3 is 10.1 Å². The Morgan fingerprint density at radius 2 is 1.84 bits per heavy atom. The van der Waals surface area contributed by atoms with E-state index in [1.807, 2.05) is 54.6 Å². The molecule has 1 aromatic heterocycles. The fourth-order valence-corrected chi connectivity index (χ4v) is 3.89. The maximum Gasteiger partial charge on any atom is 0.227 e. The molecule has 0 aliphatic carbocycles. The number of nitrogens with one attached hydrogen (secondary N) is 1. The zero-order valence-corrected chi connectivity index (χ0v) is 17.4. The number of methoxy groups -OCH3 is 1. The first-order chi connectivity index (χ1) is 15.1. The summed E-state index contributed by atoms with van der Waals surface area (Å²) in [5.74, 6) is 0.0465. The van der Waals surface area contributed by atoms with Gasteiger partial charge in [0.15, 0.2) is 0 Å². The van der Waals surface area contributed by atoms with Crippen LogP contribution in [0.3, 0.4) is 0 Å². The summed E-state index contributed by atoms with van der Waals surface area (Å²) in [6.07, 6.45) is 2.24. The predicted octanol–water partition coefficient (Wildman–Crippen LogP) is 5.12. The highest BCUT2D eigenvalue weighted by Gasteiger charge is 2.22. The van der Waals surface area contributed by atoms with Crippen molar-refractivity contribution < 1.29 is 13.9 Å². The van der Waals surface area contributed by atoms with E-state index in [0.29, 0.717) is 6.42 Å². The van der Waals surface area contributed by atoms with Crippen LogP contribution in [0.25, 0.3) is 22.0 Å². The van der Waals surface area contributed by atoms with Gasteiger partial charge in [0.1, 0.15) is 11.6 Å². The molecule has 4 rings (SSSR count). The lowest BCUT2D eigenvalue weighted by molar-refractivity contribution is -0.122. The van der Waals surface area contributed by atoms with Crippen molar-refractivity contribution in [2.45, 2.75) is 12.3 Å². The van der Waals surface area contributed by atoms with Gasteiger partial charge in [0.25, 0.3) is 0 Å². The number of likely N-dealkylation sites (N-methyl/N-ethyl adjacent to an activating group) is 1. The van der Waals surface area contributed by atoms with Crippen LogP contribution in [-0.2, 0) is 11.2 Å². The van der Waals surface area contributed by atoms with Crippen molar-refractivity contribution in [1.82, 2.24) is 10.3 Å². The molecule has 4 aromatic rings. The second-order valence-corrected chi connectivity index (χ2v) is 7.32. The lowest BCUT2D eigenvalue weighted by Crippen LogP contribution is -2.27. The second-order valence-electron chi connectivity index (χ2n) is 7.32. The van der Waals surface area contributed by atoms with Gasteiger partial charge in [0, 0.05) is 18.6 Å². The van der Waals surface area contributed by atoms with E-state index in [1.165, 1.54) is 12.1 Å². The molecule has 0 fully saturated rings. The van der Waals surface area contributed by atoms with Gasteiger partial charge in [-0.1, -0.05) is 42.5 Å². The number of carbonyl (C=O) groups excluding carboxylic acids is 1. The maximum atomic E-state index is 13.8. The molecule has 0 aliphatic rings. The molecular weight excluding hydrogens is 391 g/mol. The van der Waals surface area contributed by atoms with Crippen molar-refractivity contribution in [3.05, 3.63) is 95.9 Å². The number of aromatic nitrogens is 1. The van der Waals surface area contributed by atoms with Gasteiger partial charge in [-0.05, 0) is 59.0 Å². The number of halogens is 1. The Hall–Kier alpha value is -3.73. The molecule has 156 valence electrons. The summed E-state index contributed by atoms with van der Waals surface area (Å²) in [6.45, 7) is 0. The van der Waals surface area contributed by atoms with Crippen LogP contribution < -0.4 is 10.1 Å². The average Bonchev–Trinajstić information content (AvgIpc) is 2.82. The zero-order chi connectivity index (χ0) is 21.8. The van der Waals surface area contributed by atoms with Gasteiger partial charge >= 0.3 is 0 Å². The molecule has 1 atom stereocenters. The number of amides is 1. The Labute approximate surface area is 180 Å². The van der Waals surface area contributed by atoms with Crippen LogP contribution in [0.15, 0.2) is 79.0 Å². The number of hydrogen-bond acceptors (Lipinski definition) is 3. The first kappa shape index (κ1) is 20.5. The lowest BCUT2D eigenvalue weighted by Gasteiger charge is -2.18. The molecule has 0 saturated carbocycles. The molecule has 1 amide bonds. The third kappa shape index (κ3) is 4.26. The SMILES string of the molecule is CNC(=O)C(Cc1ccccc1OC)c1ccc(-c2ccnc3ccc(F)cc23)cc1. The van der Waals surface area contributed by atoms with Crippen LogP contribution in [0.1, 0.15) is 17.0 Å². The Morgan fingerprint density at radius 1 is 1.06 bits per heavy atom. The van der Waals surface area contributed by atoms with Crippen LogP contribution in [0.4, 0.5) is 4.39 Å². The molecule has 3 aromatic carbocycles. The molecule has 1 heterocycles. The number of nitrogens with zero attached hydrogens (tertiary/aromatic N) is 1. The highest BCUT2D eigenvalue weighted by Crippen LogP contribution is 2.31. The number of rotatable bonds is 6. The Kier molecular flexibility index (Phi) is 5.94. The van der Waals surface area contributed by atoms with Crippen LogP contribution in [-0.4, -0.2) is 25.0 Å². The van der Waals surface area contributed by atoms with Crippen LogP contribution >= 0.6 is 0 Å². The van der Waals surface area contributed by atoms with E-state index < -0.39 is 0 Å². The molecule has 31 heavy (non-hydrogen) atoms. The van der Waals surface area contributed by atoms with E-state index >= 15 is 0 Å². The lowest BCUT2D eigenvalue weighted by atomic mass is 9.89. The third-order valence-corrected chi connectivity index (χ3v) is 5.51. The number of pyridine rings is 1. The Bertz CT molecular complexity index is 1220. The molecule has 0 radical (unpaired) electrons. The summed E-state index contributed by atoms with van der Waals surface area (Å²) >= 11 is 0. The molecule has 0 spiro atoms. The number of para-hydroxylation sites is 1. The number of carbonyl (C=O) groups is 1. The molecule has 0 saturated heterocycles. The van der Waals surface area contributed by atoms with E-state index in [0.717, 1.165) is 38.9 Å². The average molecular weight is 414 g/mol. The summed E-state index contributed by atoms with van der Waals surface area (Å²) in [5, 5.41) is 3.52. The van der Waals surface area contributed by atoms with Crippen LogP contribution in [0.2, 0.25) is 0 Å². The minimum atomic E-state index is -0.359. The fraction of sp³-hybridized carbons (Fsp3) is 0.154. The first-order valence-electron chi connectivity index (χ1n) is 10.1. The van der Waals surface area contributed by atoms with E-state index in [-0.39, 0.29) is 17.6 Å². The smallest absolute Gasteiger partial charge is 0.227 e. The highest BCUT2D eigenvalue weighted by atomic mass is 19.1. The van der Waals surface area contributed by atoms with Crippen molar-refractivity contribution in [1.29, 1.82) is 0 Å². The Morgan fingerprint density at radius 3 is 2.58 bits per heavy atom. The van der Waals surface area contributed by atoms with E-state index in [4.69, 9.17) is 4.74 Å². The summed E-state index contributed by atoms with van der Waals surface area (Å²) in [4.78, 5) is 17.0. The van der Waals surface area contributed by atoms with Crippen LogP contribution in [0, 0.1) is 5.82 Å². The minimum absolute atomic E-state index is 0.0601. The van der Waals surface area contributed by atoms with E-state index in [2.05, 4.69) is 10.3 Å². The third-order valence-electron chi connectivity index (χ3n) is 5.51. The molecule has 5 heteroatoms. The topological polar surface area (TPSA) is 51.2 Å². The van der Waals surface area contributed by atoms with Gasteiger partial charge in [0.05, 0.1) is 18.5 Å². The van der Waals surface area contributed by atoms with Crippen molar-refractivity contribution in [2.75, 3.05) is 14.2 Å². The normalized spacial score (nSPS) is 11.8. The standard InChI is InChI=1S/C26H23FN2O2/c1-28-26(30)22(15-19-5-3-4-6-25(19)31-2)18-9-7-17(8-10-18)21-13-14-29-24-12-11-20(27)16-23(21)24/h3-14,16,22H,15H2,1-2H3,(H,28,30). The fourth-order valence-electron chi connectivity index (χ4n) is 3.89. The summed E-state index contributed by atoms with van der Waals surface area (Å²) in [7, 11) is 3.27. The number of hydrogen-bond donors (Lipinski definition) is 1. The van der Waals surface area contributed by atoms with Crippen molar-refractivity contribution in [2.24, 2.45) is 0 Å². The quantitative estimate of drug-likeness (QED) is 0.476. The maximum absolute atomic E-state index is 13.8. The predicted molar refractivity (Wildman–Crippen MR) is 121 cm³/mol. The summed E-state index contributed by atoms with van der Waals surface area (Å²) < 4.78 is 19.3. The molecule has 4 nitrogen and oxygen atoms in total. The van der Waals surface area contributed by atoms with Gasteiger partial charge in [-0.2, -0.15) is 0 Å². The van der Waals surface area contributed by atoms with Gasteiger partial charge in [-0.25, -0.2) is 4.39 Å². The van der Waals surface area contributed by atoms with Crippen molar-refractivity contribution in [3.8, 4) is 16.9 Å². The van der Waals surface area contributed by atoms with Gasteiger partial charge in [-0.3, -0.25) is 9.78 Å². The molecule has 1 unspecified atom stereocenters. The number of ether oxygens (including phenoxy) is 1. The van der Waals surface area contributed by atoms with Crippen molar-refractivity contribution >= 4 is 16.8 Å². The minimum Gasteiger partial charge on any atom is -0.496 e. The van der Waals surface area contributed by atoms with Crippen LogP contribution in [0.5, 0.6) is 5.75 Å². The largest absolute Gasteiger partial charge is 0.496 e. The molecule has 0 aliphatic heterocycles. The molecule has 0 bridgehead atoms. The van der Waals surface area contributed by atoms with E-state index in [1.54, 1.807) is 26.4 Å². The Balaban J connectivity index is 1.70. The number of benzene rings is 3. The highest BCUT2D eigenvalue weighted by molar-refractivity contribution is 5.94. The molecular formula is C26H23FN2O2. The van der Waals surface area contributed by atoms with E-state index in [9.17, 15) is 9.18 Å². The summed E-state index contributed by atoms with van der Waals surface area (Å²) in [6, 6.07) is 22.0. The first-order valence-corrected chi connectivity index (χ1v) is 10.1. The zero-order valence-electron chi connectivity index (χ0n) is 17.4.